The molecule has 1 aromatic carbocycles. The van der Waals surface area contributed by atoms with Crippen molar-refractivity contribution in [1.82, 2.24) is 10.6 Å². The highest BCUT2D eigenvalue weighted by Gasteiger charge is 2.09. The Balaban J connectivity index is 2.77. The van der Waals surface area contributed by atoms with Crippen molar-refractivity contribution in [2.24, 2.45) is 0 Å². The van der Waals surface area contributed by atoms with Gasteiger partial charge in [-0.2, -0.15) is 5.26 Å². The predicted octanol–water partition coefficient (Wildman–Crippen LogP) is 0.702. The molecule has 16 heavy (non-hydrogen) atoms. The van der Waals surface area contributed by atoms with E-state index in [0.717, 1.165) is 18.5 Å². The number of likely N-dealkylation sites (N-methyl/N-ethyl adjacent to an activating group) is 1. The van der Waals surface area contributed by atoms with Gasteiger partial charge in [0.25, 0.3) is 5.91 Å². The molecular weight excluding hydrogens is 202 g/mol. The lowest BCUT2D eigenvalue weighted by molar-refractivity contribution is 0.0957. The van der Waals surface area contributed by atoms with Crippen LogP contribution in [0.5, 0.6) is 0 Å². The fraction of sp³-hybridized carbons (Fsp3) is 0.333. The minimum Gasteiger partial charge on any atom is -0.339 e. The second-order valence-electron chi connectivity index (χ2n) is 3.35. The van der Waals surface area contributed by atoms with Crippen LogP contribution in [0, 0.1) is 11.3 Å². The summed E-state index contributed by atoms with van der Waals surface area (Å²) >= 11 is 0. The number of nitrogens with one attached hydrogen (secondary N) is 2. The first-order chi connectivity index (χ1) is 7.79. The van der Waals surface area contributed by atoms with E-state index in [0.29, 0.717) is 5.56 Å². The summed E-state index contributed by atoms with van der Waals surface area (Å²) in [6.07, 6.45) is 0.798. The number of carbonyl (C=O) groups is 1. The number of nitriles is 1. The van der Waals surface area contributed by atoms with Crippen molar-refractivity contribution < 1.29 is 4.79 Å². The van der Waals surface area contributed by atoms with Gasteiger partial charge in [-0.25, -0.2) is 0 Å². The van der Waals surface area contributed by atoms with E-state index in [9.17, 15) is 4.79 Å². The second kappa shape index (κ2) is 6.59. The lowest BCUT2D eigenvalue weighted by Gasteiger charge is -2.08. The van der Waals surface area contributed by atoms with Crippen molar-refractivity contribution >= 4 is 5.91 Å². The molecule has 1 rings (SSSR count). The van der Waals surface area contributed by atoms with E-state index in [1.165, 1.54) is 0 Å². The molecule has 0 aliphatic rings. The van der Waals surface area contributed by atoms with Gasteiger partial charge < -0.3 is 10.6 Å². The van der Waals surface area contributed by atoms with Crippen LogP contribution in [0.3, 0.4) is 0 Å². The molecule has 0 bridgehead atoms. The van der Waals surface area contributed by atoms with E-state index < -0.39 is 0 Å². The first-order valence-corrected chi connectivity index (χ1v) is 5.17. The maximum atomic E-state index is 11.7. The Hall–Kier alpha value is -1.86. The molecule has 0 saturated heterocycles. The molecule has 4 heteroatoms. The third-order valence-corrected chi connectivity index (χ3v) is 2.23. The Morgan fingerprint density at radius 3 is 2.88 bits per heavy atom. The van der Waals surface area contributed by atoms with Crippen LogP contribution in [0.4, 0.5) is 0 Å². The van der Waals surface area contributed by atoms with Crippen LogP contribution >= 0.6 is 0 Å². The van der Waals surface area contributed by atoms with Crippen molar-refractivity contribution in [3.63, 3.8) is 0 Å². The van der Waals surface area contributed by atoms with E-state index in [1.807, 2.05) is 31.3 Å². The molecule has 2 N–H and O–H groups in total. The summed E-state index contributed by atoms with van der Waals surface area (Å²) in [5, 5.41) is 14.0. The zero-order chi connectivity index (χ0) is 11.8. The average molecular weight is 217 g/mol. The fourth-order valence-electron chi connectivity index (χ4n) is 1.43. The highest BCUT2D eigenvalue weighted by Crippen LogP contribution is 2.08. The Morgan fingerprint density at radius 1 is 1.44 bits per heavy atom. The SMILES string of the molecule is CNCCc1ccccc1C(=O)NCC#N. The molecule has 0 unspecified atom stereocenters. The van der Waals surface area contributed by atoms with Gasteiger partial charge in [-0.3, -0.25) is 4.79 Å². The Labute approximate surface area is 95.3 Å². The topological polar surface area (TPSA) is 64.9 Å². The number of benzene rings is 1. The first kappa shape index (κ1) is 12.2. The van der Waals surface area contributed by atoms with Crippen molar-refractivity contribution in [2.45, 2.75) is 6.42 Å². The molecule has 0 saturated carbocycles. The van der Waals surface area contributed by atoms with Crippen LogP contribution in [0.1, 0.15) is 15.9 Å². The molecule has 0 radical (unpaired) electrons. The van der Waals surface area contributed by atoms with Crippen molar-refractivity contribution in [1.29, 1.82) is 5.26 Å². The summed E-state index contributed by atoms with van der Waals surface area (Å²) in [5.41, 5.74) is 1.64. The number of nitrogens with zero attached hydrogens (tertiary/aromatic N) is 1. The summed E-state index contributed by atoms with van der Waals surface area (Å²) < 4.78 is 0. The molecule has 1 amide bonds. The fourth-order valence-corrected chi connectivity index (χ4v) is 1.43. The van der Waals surface area contributed by atoms with Crippen LogP contribution < -0.4 is 10.6 Å². The Bertz CT molecular complexity index is 395. The molecule has 0 fully saturated rings. The second-order valence-corrected chi connectivity index (χ2v) is 3.35. The zero-order valence-corrected chi connectivity index (χ0v) is 9.29. The minimum atomic E-state index is -0.187. The van der Waals surface area contributed by atoms with E-state index in [1.54, 1.807) is 6.07 Å². The smallest absolute Gasteiger partial charge is 0.252 e. The summed E-state index contributed by atoms with van der Waals surface area (Å²) in [6.45, 7) is 0.863. The molecule has 0 heterocycles. The molecule has 84 valence electrons. The molecule has 0 aliphatic heterocycles. The highest BCUT2D eigenvalue weighted by atomic mass is 16.1. The van der Waals surface area contributed by atoms with Crippen molar-refractivity contribution in [2.75, 3.05) is 20.1 Å². The Kier molecular flexibility index (Phi) is 5.03. The quantitative estimate of drug-likeness (QED) is 0.714. The van der Waals surface area contributed by atoms with Gasteiger partial charge >= 0.3 is 0 Å². The van der Waals surface area contributed by atoms with E-state index >= 15 is 0 Å². The first-order valence-electron chi connectivity index (χ1n) is 5.17. The third-order valence-electron chi connectivity index (χ3n) is 2.23. The van der Waals surface area contributed by atoms with Gasteiger partial charge in [0.15, 0.2) is 0 Å². The van der Waals surface area contributed by atoms with Gasteiger partial charge in [0.05, 0.1) is 6.07 Å². The number of carbonyl (C=O) groups excluding carboxylic acids is 1. The third kappa shape index (κ3) is 3.37. The Morgan fingerprint density at radius 2 is 2.19 bits per heavy atom. The maximum Gasteiger partial charge on any atom is 0.252 e. The summed E-state index contributed by atoms with van der Waals surface area (Å²) in [5.74, 6) is -0.187. The number of hydrogen-bond acceptors (Lipinski definition) is 3. The summed E-state index contributed by atoms with van der Waals surface area (Å²) in [4.78, 5) is 11.7. The van der Waals surface area contributed by atoms with Crippen LogP contribution in [-0.4, -0.2) is 26.0 Å². The highest BCUT2D eigenvalue weighted by molar-refractivity contribution is 5.95. The largest absolute Gasteiger partial charge is 0.339 e. The summed E-state index contributed by atoms with van der Waals surface area (Å²) in [7, 11) is 1.87. The predicted molar refractivity (Wildman–Crippen MR) is 62.0 cm³/mol. The minimum absolute atomic E-state index is 0.0409. The van der Waals surface area contributed by atoms with Gasteiger partial charge in [0, 0.05) is 5.56 Å². The number of amides is 1. The zero-order valence-electron chi connectivity index (χ0n) is 9.29. The summed E-state index contributed by atoms with van der Waals surface area (Å²) in [6, 6.07) is 9.32. The van der Waals surface area contributed by atoms with Crippen LogP contribution in [-0.2, 0) is 6.42 Å². The van der Waals surface area contributed by atoms with Gasteiger partial charge in [-0.1, -0.05) is 18.2 Å². The molecule has 0 aliphatic carbocycles. The van der Waals surface area contributed by atoms with Gasteiger partial charge in [0.1, 0.15) is 6.54 Å². The molecule has 1 aromatic rings. The molecule has 4 nitrogen and oxygen atoms in total. The molecule has 0 atom stereocenters. The van der Waals surface area contributed by atoms with Crippen molar-refractivity contribution in [3.05, 3.63) is 35.4 Å². The van der Waals surface area contributed by atoms with Gasteiger partial charge in [-0.15, -0.1) is 0 Å². The van der Waals surface area contributed by atoms with Crippen molar-refractivity contribution in [3.8, 4) is 6.07 Å². The van der Waals surface area contributed by atoms with Crippen LogP contribution in [0.25, 0.3) is 0 Å². The van der Waals surface area contributed by atoms with Gasteiger partial charge in [0.2, 0.25) is 0 Å². The van der Waals surface area contributed by atoms with E-state index in [-0.39, 0.29) is 12.5 Å². The van der Waals surface area contributed by atoms with E-state index in [2.05, 4.69) is 10.6 Å². The van der Waals surface area contributed by atoms with Crippen LogP contribution in [0.2, 0.25) is 0 Å². The van der Waals surface area contributed by atoms with Crippen LogP contribution in [0.15, 0.2) is 24.3 Å². The monoisotopic (exact) mass is 217 g/mol. The molecule has 0 aromatic heterocycles. The normalized spacial score (nSPS) is 9.50. The number of hydrogen-bond donors (Lipinski definition) is 2. The standard InChI is InChI=1S/C12H15N3O/c1-14-8-6-10-4-2-3-5-11(10)12(16)15-9-7-13/h2-5,14H,6,8-9H2,1H3,(H,15,16). The molecule has 0 spiro atoms. The lowest BCUT2D eigenvalue weighted by Crippen LogP contribution is -2.25. The molecular formula is C12H15N3O. The average Bonchev–Trinajstić information content (AvgIpc) is 2.33. The van der Waals surface area contributed by atoms with E-state index in [4.69, 9.17) is 5.26 Å². The maximum absolute atomic E-state index is 11.7. The van der Waals surface area contributed by atoms with Gasteiger partial charge in [-0.05, 0) is 31.6 Å². The lowest BCUT2D eigenvalue weighted by atomic mass is 10.0. The number of rotatable bonds is 5.